The lowest BCUT2D eigenvalue weighted by Gasteiger charge is -2.12. The minimum absolute atomic E-state index is 0.386. The van der Waals surface area contributed by atoms with E-state index in [0.717, 1.165) is 5.56 Å². The number of hydrogen-bond donors (Lipinski definition) is 2. The molecule has 1 unspecified atom stereocenters. The Morgan fingerprint density at radius 3 is 2.61 bits per heavy atom. The van der Waals surface area contributed by atoms with Crippen LogP contribution in [0.5, 0.6) is 0 Å². The summed E-state index contributed by atoms with van der Waals surface area (Å²) < 4.78 is 1.42. The second-order valence-electron chi connectivity index (χ2n) is 4.19. The van der Waals surface area contributed by atoms with Gasteiger partial charge in [0.25, 0.3) is 0 Å². The molecule has 1 heterocycles. The number of carboxylic acids is 1. The molecule has 0 aliphatic heterocycles. The predicted molar refractivity (Wildman–Crippen MR) is 68.2 cm³/mol. The van der Waals surface area contributed by atoms with Gasteiger partial charge in [0.15, 0.2) is 6.04 Å². The molecule has 0 amide bonds. The standard InChI is InChI=1S/C13H15N3O2/c1-9-11(14)8-16(15-9)12(13(17)18)7-10-5-3-2-4-6-10/h2-6,8,12H,7,14H2,1H3,(H,17,18). The average molecular weight is 245 g/mol. The molecule has 2 rings (SSSR count). The van der Waals surface area contributed by atoms with E-state index in [-0.39, 0.29) is 0 Å². The Hall–Kier alpha value is -2.30. The molecule has 0 bridgehead atoms. The van der Waals surface area contributed by atoms with Crippen molar-refractivity contribution in [3.8, 4) is 0 Å². The summed E-state index contributed by atoms with van der Waals surface area (Å²) in [4.78, 5) is 11.3. The van der Waals surface area contributed by atoms with Crippen LogP contribution in [0.4, 0.5) is 5.69 Å². The van der Waals surface area contributed by atoms with Crippen LogP contribution in [0, 0.1) is 6.92 Å². The highest BCUT2D eigenvalue weighted by atomic mass is 16.4. The highest BCUT2D eigenvalue weighted by molar-refractivity contribution is 5.72. The molecule has 0 radical (unpaired) electrons. The summed E-state index contributed by atoms with van der Waals surface area (Å²) in [5.74, 6) is -0.915. The molecule has 5 nitrogen and oxygen atoms in total. The Morgan fingerprint density at radius 2 is 2.11 bits per heavy atom. The van der Waals surface area contributed by atoms with Crippen LogP contribution >= 0.6 is 0 Å². The number of aromatic nitrogens is 2. The van der Waals surface area contributed by atoms with E-state index in [1.165, 1.54) is 4.68 Å². The fourth-order valence-electron chi connectivity index (χ4n) is 1.79. The van der Waals surface area contributed by atoms with E-state index in [1.54, 1.807) is 13.1 Å². The second-order valence-corrected chi connectivity index (χ2v) is 4.19. The van der Waals surface area contributed by atoms with Gasteiger partial charge in [-0.2, -0.15) is 5.10 Å². The van der Waals surface area contributed by atoms with Gasteiger partial charge in [0.2, 0.25) is 0 Å². The summed E-state index contributed by atoms with van der Waals surface area (Å²) in [6.45, 7) is 1.76. The maximum Gasteiger partial charge on any atom is 0.328 e. The second kappa shape index (κ2) is 4.91. The monoisotopic (exact) mass is 245 g/mol. The number of hydrogen-bond acceptors (Lipinski definition) is 3. The smallest absolute Gasteiger partial charge is 0.328 e. The first-order valence-electron chi connectivity index (χ1n) is 5.66. The Kier molecular flexibility index (Phi) is 3.32. The number of nitrogens with two attached hydrogens (primary N) is 1. The zero-order valence-corrected chi connectivity index (χ0v) is 10.1. The SMILES string of the molecule is Cc1nn(C(Cc2ccccc2)C(=O)O)cc1N. The van der Waals surface area contributed by atoms with Gasteiger partial charge in [0.05, 0.1) is 11.4 Å². The van der Waals surface area contributed by atoms with Crippen LogP contribution in [-0.4, -0.2) is 20.9 Å². The summed E-state index contributed by atoms with van der Waals surface area (Å²) in [6.07, 6.45) is 1.95. The minimum Gasteiger partial charge on any atom is -0.480 e. The van der Waals surface area contributed by atoms with Crippen molar-refractivity contribution in [1.82, 2.24) is 9.78 Å². The molecular weight excluding hydrogens is 230 g/mol. The van der Waals surface area contributed by atoms with Gasteiger partial charge in [-0.1, -0.05) is 30.3 Å². The van der Waals surface area contributed by atoms with Crippen molar-refractivity contribution in [2.24, 2.45) is 0 Å². The molecule has 5 heteroatoms. The number of carboxylic acid groups (broad SMARTS) is 1. The van der Waals surface area contributed by atoms with E-state index in [4.69, 9.17) is 5.73 Å². The lowest BCUT2D eigenvalue weighted by molar-refractivity contribution is -0.141. The zero-order valence-electron chi connectivity index (χ0n) is 10.1. The van der Waals surface area contributed by atoms with Gasteiger partial charge in [-0.3, -0.25) is 4.68 Å². The molecule has 1 atom stereocenters. The van der Waals surface area contributed by atoms with Crippen molar-refractivity contribution >= 4 is 11.7 Å². The molecule has 0 aliphatic rings. The van der Waals surface area contributed by atoms with Gasteiger partial charge in [0.1, 0.15) is 0 Å². The van der Waals surface area contributed by atoms with Gasteiger partial charge >= 0.3 is 5.97 Å². The van der Waals surface area contributed by atoms with Crippen molar-refractivity contribution in [2.75, 3.05) is 5.73 Å². The van der Waals surface area contributed by atoms with Crippen LogP contribution in [-0.2, 0) is 11.2 Å². The van der Waals surface area contributed by atoms with Crippen molar-refractivity contribution < 1.29 is 9.90 Å². The van der Waals surface area contributed by atoms with Crippen molar-refractivity contribution in [1.29, 1.82) is 0 Å². The third-order valence-corrected chi connectivity index (χ3v) is 2.83. The Morgan fingerprint density at radius 1 is 1.44 bits per heavy atom. The number of rotatable bonds is 4. The molecule has 2 aromatic rings. The summed E-state index contributed by atoms with van der Waals surface area (Å²) in [7, 11) is 0. The zero-order chi connectivity index (χ0) is 13.1. The van der Waals surface area contributed by atoms with Crippen LogP contribution in [0.25, 0.3) is 0 Å². The molecule has 94 valence electrons. The number of carbonyl (C=O) groups is 1. The normalized spacial score (nSPS) is 12.3. The van der Waals surface area contributed by atoms with Crippen LogP contribution < -0.4 is 5.73 Å². The fraction of sp³-hybridized carbons (Fsp3) is 0.231. The first-order valence-corrected chi connectivity index (χ1v) is 5.66. The summed E-state index contributed by atoms with van der Waals surface area (Å²) in [6, 6.07) is 8.73. The number of anilines is 1. The van der Waals surface area contributed by atoms with Crippen LogP contribution in [0.3, 0.4) is 0 Å². The Balaban J connectivity index is 2.27. The summed E-state index contributed by atoms with van der Waals surface area (Å²) in [5, 5.41) is 13.4. The van der Waals surface area contributed by atoms with E-state index < -0.39 is 12.0 Å². The van der Waals surface area contributed by atoms with E-state index in [0.29, 0.717) is 17.8 Å². The number of benzene rings is 1. The number of nitrogen functional groups attached to an aromatic ring is 1. The number of aryl methyl sites for hydroxylation is 1. The molecule has 18 heavy (non-hydrogen) atoms. The molecule has 0 aliphatic carbocycles. The van der Waals surface area contributed by atoms with Crippen molar-refractivity contribution in [3.05, 3.63) is 47.8 Å². The molecule has 1 aromatic heterocycles. The fourth-order valence-corrected chi connectivity index (χ4v) is 1.79. The van der Waals surface area contributed by atoms with Gasteiger partial charge in [-0.05, 0) is 12.5 Å². The van der Waals surface area contributed by atoms with Crippen LogP contribution in [0.1, 0.15) is 17.3 Å². The van der Waals surface area contributed by atoms with E-state index in [2.05, 4.69) is 5.10 Å². The first kappa shape index (κ1) is 12.2. The summed E-state index contributed by atoms with van der Waals surface area (Å²) >= 11 is 0. The van der Waals surface area contributed by atoms with Gasteiger partial charge < -0.3 is 10.8 Å². The molecule has 0 saturated carbocycles. The predicted octanol–water partition coefficient (Wildman–Crippen LogP) is 1.64. The Labute approximate surface area is 105 Å². The topological polar surface area (TPSA) is 81.1 Å². The average Bonchev–Trinajstić information content (AvgIpc) is 2.67. The van der Waals surface area contributed by atoms with Crippen LogP contribution in [0.15, 0.2) is 36.5 Å². The quantitative estimate of drug-likeness (QED) is 0.858. The molecular formula is C13H15N3O2. The maximum atomic E-state index is 11.3. The lowest BCUT2D eigenvalue weighted by atomic mass is 10.1. The largest absolute Gasteiger partial charge is 0.480 e. The van der Waals surface area contributed by atoms with E-state index >= 15 is 0 Å². The Bertz CT molecular complexity index is 529. The van der Waals surface area contributed by atoms with Gasteiger partial charge in [-0.15, -0.1) is 0 Å². The van der Waals surface area contributed by atoms with Crippen molar-refractivity contribution in [3.63, 3.8) is 0 Å². The third-order valence-electron chi connectivity index (χ3n) is 2.83. The summed E-state index contributed by atoms with van der Waals surface area (Å²) in [5.41, 5.74) is 7.81. The molecule has 0 fully saturated rings. The molecule has 0 spiro atoms. The van der Waals surface area contributed by atoms with Gasteiger partial charge in [0, 0.05) is 12.6 Å². The van der Waals surface area contributed by atoms with Gasteiger partial charge in [-0.25, -0.2) is 4.79 Å². The molecule has 3 N–H and O–H groups in total. The number of aliphatic carboxylic acids is 1. The van der Waals surface area contributed by atoms with E-state index in [9.17, 15) is 9.90 Å². The minimum atomic E-state index is -0.915. The number of nitrogens with zero attached hydrogens (tertiary/aromatic N) is 2. The van der Waals surface area contributed by atoms with Crippen LogP contribution in [0.2, 0.25) is 0 Å². The highest BCUT2D eigenvalue weighted by Gasteiger charge is 2.21. The lowest BCUT2D eigenvalue weighted by Crippen LogP contribution is -2.22. The third kappa shape index (κ3) is 2.51. The molecule has 1 aromatic carbocycles. The molecule has 0 saturated heterocycles. The first-order chi connectivity index (χ1) is 8.58. The maximum absolute atomic E-state index is 11.3. The van der Waals surface area contributed by atoms with Crippen molar-refractivity contribution in [2.45, 2.75) is 19.4 Å². The van der Waals surface area contributed by atoms with E-state index in [1.807, 2.05) is 30.3 Å². The highest BCUT2D eigenvalue weighted by Crippen LogP contribution is 2.17.